The molecule has 146 valence electrons. The van der Waals surface area contributed by atoms with Crippen LogP contribution in [-0.2, 0) is 10.2 Å². The monoisotopic (exact) mass is 396 g/mol. The van der Waals surface area contributed by atoms with Gasteiger partial charge in [0.2, 0.25) is 5.91 Å². The van der Waals surface area contributed by atoms with Crippen molar-refractivity contribution in [1.82, 2.24) is 4.90 Å². The van der Waals surface area contributed by atoms with Crippen molar-refractivity contribution in [3.63, 3.8) is 0 Å². The number of rotatable bonds is 5. The van der Waals surface area contributed by atoms with E-state index in [-0.39, 0.29) is 17.1 Å². The third-order valence-corrected chi connectivity index (χ3v) is 6.89. The predicted octanol–water partition coefficient (Wildman–Crippen LogP) is 4.48. The Labute approximate surface area is 170 Å². The minimum absolute atomic E-state index is 0.0899. The maximum atomic E-state index is 14.1. The number of hydrogen-bond acceptors (Lipinski definition) is 3. The van der Waals surface area contributed by atoms with E-state index in [2.05, 4.69) is 11.5 Å². The molecule has 5 heteroatoms. The number of carbonyl (C=O) groups is 1. The number of hydrogen-bond donors (Lipinski definition) is 0. The summed E-state index contributed by atoms with van der Waals surface area (Å²) < 4.78 is 14.1. The number of benzene rings is 2. The average Bonchev–Trinajstić information content (AvgIpc) is 3.02. The van der Waals surface area contributed by atoms with Gasteiger partial charge in [0.05, 0.1) is 5.75 Å². The lowest BCUT2D eigenvalue weighted by Crippen LogP contribution is -2.46. The first kappa shape index (κ1) is 19.2. The first-order valence-corrected chi connectivity index (χ1v) is 10.7. The van der Waals surface area contributed by atoms with Crippen LogP contribution in [0.15, 0.2) is 66.1 Å². The van der Waals surface area contributed by atoms with E-state index in [1.54, 1.807) is 23.9 Å². The molecule has 3 nitrogen and oxygen atoms in total. The molecule has 0 aromatic heterocycles. The van der Waals surface area contributed by atoms with Crippen molar-refractivity contribution in [2.75, 3.05) is 36.8 Å². The molecule has 0 saturated carbocycles. The molecule has 1 fully saturated rings. The highest BCUT2D eigenvalue weighted by Crippen LogP contribution is 2.47. The number of halogens is 1. The van der Waals surface area contributed by atoms with Crippen molar-refractivity contribution in [2.45, 2.75) is 23.2 Å². The molecule has 28 heavy (non-hydrogen) atoms. The van der Waals surface area contributed by atoms with Crippen LogP contribution in [0.3, 0.4) is 0 Å². The van der Waals surface area contributed by atoms with Crippen molar-refractivity contribution in [2.24, 2.45) is 0 Å². The highest BCUT2D eigenvalue weighted by Gasteiger charge is 2.46. The van der Waals surface area contributed by atoms with Gasteiger partial charge >= 0.3 is 0 Å². The Morgan fingerprint density at radius 1 is 1.18 bits per heavy atom. The van der Waals surface area contributed by atoms with Crippen LogP contribution >= 0.6 is 11.8 Å². The highest BCUT2D eigenvalue weighted by molar-refractivity contribution is 8.00. The molecule has 0 unspecified atom stereocenters. The fourth-order valence-electron chi connectivity index (χ4n) is 4.38. The molecule has 0 aliphatic carbocycles. The molecule has 2 aromatic carbocycles. The minimum Gasteiger partial charge on any atom is -0.311 e. The molecule has 2 heterocycles. The van der Waals surface area contributed by atoms with Crippen molar-refractivity contribution in [3.05, 3.63) is 72.6 Å². The topological polar surface area (TPSA) is 23.6 Å². The number of carbonyl (C=O) groups excluding carboxylic acids is 1. The molecule has 1 saturated heterocycles. The van der Waals surface area contributed by atoms with Gasteiger partial charge in [0.15, 0.2) is 0 Å². The molecule has 0 radical (unpaired) electrons. The fourth-order valence-corrected chi connectivity index (χ4v) is 5.17. The van der Waals surface area contributed by atoms with Gasteiger partial charge in [0.25, 0.3) is 0 Å². The Kier molecular flexibility index (Phi) is 5.56. The van der Waals surface area contributed by atoms with E-state index in [0.29, 0.717) is 12.3 Å². The predicted molar refractivity (Wildman–Crippen MR) is 113 cm³/mol. The summed E-state index contributed by atoms with van der Waals surface area (Å²) >= 11 is 1.55. The zero-order valence-electron chi connectivity index (χ0n) is 15.9. The van der Waals surface area contributed by atoms with Gasteiger partial charge in [-0.25, -0.2) is 4.39 Å². The molecule has 1 spiro atoms. The number of piperidine rings is 1. The normalized spacial score (nSPS) is 18.2. The summed E-state index contributed by atoms with van der Waals surface area (Å²) in [7, 11) is 0. The quantitative estimate of drug-likeness (QED) is 0.550. The summed E-state index contributed by atoms with van der Waals surface area (Å²) in [4.78, 5) is 18.4. The molecule has 2 aliphatic rings. The number of nitrogens with zero attached hydrogens (tertiary/aromatic N) is 2. The number of fused-ring (bicyclic) bond motifs is 2. The summed E-state index contributed by atoms with van der Waals surface area (Å²) in [6, 6.07) is 14.9. The van der Waals surface area contributed by atoms with Crippen LogP contribution in [0.25, 0.3) is 0 Å². The molecular weight excluding hydrogens is 371 g/mol. The Balaban J connectivity index is 1.54. The average molecular weight is 397 g/mol. The zero-order chi connectivity index (χ0) is 19.6. The van der Waals surface area contributed by atoms with E-state index in [1.807, 2.05) is 41.3 Å². The van der Waals surface area contributed by atoms with E-state index in [4.69, 9.17) is 0 Å². The third kappa shape index (κ3) is 3.74. The molecule has 0 atom stereocenters. The van der Waals surface area contributed by atoms with Crippen molar-refractivity contribution >= 4 is 23.4 Å². The van der Waals surface area contributed by atoms with E-state index >= 15 is 0 Å². The second-order valence-corrected chi connectivity index (χ2v) is 8.66. The Morgan fingerprint density at radius 3 is 2.64 bits per heavy atom. The van der Waals surface area contributed by atoms with Crippen LogP contribution in [0.1, 0.15) is 18.4 Å². The van der Waals surface area contributed by atoms with Crippen molar-refractivity contribution in [3.8, 4) is 0 Å². The summed E-state index contributed by atoms with van der Waals surface area (Å²) in [5.74, 6) is 0.256. The SMILES string of the molecule is C=CCN1CCC2(CC1)CN(C(=O)CSc1ccccc1)c1ccc(F)cc12. The lowest BCUT2D eigenvalue weighted by Gasteiger charge is -2.39. The number of amides is 1. The second kappa shape index (κ2) is 8.10. The first-order chi connectivity index (χ1) is 13.6. The number of likely N-dealkylation sites (tertiary alicyclic amines) is 1. The highest BCUT2D eigenvalue weighted by atomic mass is 32.2. The van der Waals surface area contributed by atoms with Gasteiger partial charge in [0, 0.05) is 29.1 Å². The maximum Gasteiger partial charge on any atom is 0.237 e. The van der Waals surface area contributed by atoms with Crippen LogP contribution in [0, 0.1) is 5.82 Å². The van der Waals surface area contributed by atoms with Gasteiger partial charge < -0.3 is 4.90 Å². The summed E-state index contributed by atoms with van der Waals surface area (Å²) in [5, 5.41) is 0. The molecule has 4 rings (SSSR count). The molecule has 0 N–H and O–H groups in total. The minimum atomic E-state index is -0.223. The largest absolute Gasteiger partial charge is 0.311 e. The molecule has 2 aliphatic heterocycles. The molecular formula is C23H25FN2OS. The van der Waals surface area contributed by atoms with Crippen molar-refractivity contribution < 1.29 is 9.18 Å². The fraction of sp³-hybridized carbons (Fsp3) is 0.348. The van der Waals surface area contributed by atoms with Crippen LogP contribution in [0.2, 0.25) is 0 Å². The van der Waals surface area contributed by atoms with Gasteiger partial charge in [-0.2, -0.15) is 0 Å². The van der Waals surface area contributed by atoms with Gasteiger partial charge in [-0.15, -0.1) is 18.3 Å². The summed E-state index contributed by atoms with van der Waals surface area (Å²) in [6.45, 7) is 7.25. The second-order valence-electron chi connectivity index (χ2n) is 7.61. The third-order valence-electron chi connectivity index (χ3n) is 5.89. The van der Waals surface area contributed by atoms with E-state index < -0.39 is 0 Å². The number of anilines is 1. The van der Waals surface area contributed by atoms with Crippen LogP contribution in [-0.4, -0.2) is 42.7 Å². The standard InChI is InChI=1S/C23H25FN2OS/c1-2-12-25-13-10-23(11-14-25)17-26(21-9-8-18(24)15-20(21)23)22(27)16-28-19-6-4-3-5-7-19/h2-9,15H,1,10-14,16-17H2. The van der Waals surface area contributed by atoms with Gasteiger partial charge in [-0.05, 0) is 61.8 Å². The summed E-state index contributed by atoms with van der Waals surface area (Å²) in [5.41, 5.74) is 1.75. The van der Waals surface area contributed by atoms with Crippen molar-refractivity contribution in [1.29, 1.82) is 0 Å². The van der Waals surface area contributed by atoms with Crippen LogP contribution in [0.5, 0.6) is 0 Å². The van der Waals surface area contributed by atoms with Crippen LogP contribution in [0.4, 0.5) is 10.1 Å². The Morgan fingerprint density at radius 2 is 1.93 bits per heavy atom. The lowest BCUT2D eigenvalue weighted by atomic mass is 9.74. The van der Waals surface area contributed by atoms with E-state index in [0.717, 1.165) is 48.6 Å². The van der Waals surface area contributed by atoms with E-state index in [1.165, 1.54) is 6.07 Å². The molecule has 2 aromatic rings. The molecule has 1 amide bonds. The number of thioether (sulfide) groups is 1. The summed E-state index contributed by atoms with van der Waals surface area (Å²) in [6.07, 6.45) is 3.80. The Bertz CT molecular complexity index is 862. The van der Waals surface area contributed by atoms with Gasteiger partial charge in [0.1, 0.15) is 5.82 Å². The molecule has 0 bridgehead atoms. The maximum absolute atomic E-state index is 14.1. The van der Waals surface area contributed by atoms with Gasteiger partial charge in [-0.3, -0.25) is 9.69 Å². The Hall–Kier alpha value is -2.11. The van der Waals surface area contributed by atoms with Gasteiger partial charge in [-0.1, -0.05) is 24.3 Å². The smallest absolute Gasteiger partial charge is 0.237 e. The lowest BCUT2D eigenvalue weighted by molar-refractivity contribution is -0.116. The zero-order valence-corrected chi connectivity index (χ0v) is 16.8. The van der Waals surface area contributed by atoms with Crippen LogP contribution < -0.4 is 4.90 Å². The van der Waals surface area contributed by atoms with E-state index in [9.17, 15) is 9.18 Å². The first-order valence-electron chi connectivity index (χ1n) is 9.73.